The number of anilines is 4. The highest BCUT2D eigenvalue weighted by Gasteiger charge is 2.24. The van der Waals surface area contributed by atoms with Gasteiger partial charge in [0, 0.05) is 18.2 Å². The number of aromatic nitrogens is 2. The Labute approximate surface area is 237 Å². The standard InChI is InChI=1S/C28H34N6O4S2/c1-17-12-22(25(38-2)13-19(17)18-4-7-34(8-5-18)9-11-40(3,36)37)32-26-14-20-23(15-30-16-24(20)33-26)31-21-6-10-39-27(21)28(29)35/h6,10,12-16,18,31-33H,4-5,7-9,11H2,1-3H3,(H2,29,35). The van der Waals surface area contributed by atoms with Crippen LogP contribution in [0.4, 0.5) is 22.9 Å². The highest BCUT2D eigenvalue weighted by atomic mass is 32.2. The smallest absolute Gasteiger partial charge is 0.260 e. The summed E-state index contributed by atoms with van der Waals surface area (Å²) in [7, 11) is -1.29. The fourth-order valence-corrected chi connectivity index (χ4v) is 6.57. The zero-order chi connectivity index (χ0) is 28.4. The van der Waals surface area contributed by atoms with Gasteiger partial charge >= 0.3 is 0 Å². The molecule has 0 bridgehead atoms. The van der Waals surface area contributed by atoms with Crippen molar-refractivity contribution in [1.82, 2.24) is 14.9 Å². The van der Waals surface area contributed by atoms with E-state index in [-0.39, 0.29) is 5.75 Å². The number of hydrogen-bond donors (Lipinski definition) is 4. The lowest BCUT2D eigenvalue weighted by Crippen LogP contribution is -2.36. The third kappa shape index (κ3) is 6.24. The molecule has 4 heterocycles. The number of fused-ring (bicyclic) bond motifs is 1. The van der Waals surface area contributed by atoms with E-state index in [0.717, 1.165) is 59.8 Å². The van der Waals surface area contributed by atoms with Crippen molar-refractivity contribution in [3.05, 3.63) is 58.0 Å². The molecule has 0 saturated carbocycles. The first-order valence-corrected chi connectivity index (χ1v) is 16.0. The number of hydrogen-bond acceptors (Lipinski definition) is 9. The Bertz CT molecular complexity index is 1640. The summed E-state index contributed by atoms with van der Waals surface area (Å²) in [5, 5.41) is 9.48. The summed E-state index contributed by atoms with van der Waals surface area (Å²) < 4.78 is 28.9. The number of H-pyrrole nitrogens is 1. The molecule has 12 heteroatoms. The third-order valence-electron chi connectivity index (χ3n) is 7.37. The van der Waals surface area contributed by atoms with E-state index in [1.54, 1.807) is 19.5 Å². The second-order valence-electron chi connectivity index (χ2n) is 10.3. The summed E-state index contributed by atoms with van der Waals surface area (Å²) >= 11 is 1.29. The van der Waals surface area contributed by atoms with Crippen LogP contribution >= 0.6 is 11.3 Å². The van der Waals surface area contributed by atoms with E-state index in [2.05, 4.69) is 44.6 Å². The number of aromatic amines is 1. The number of thiophene rings is 1. The maximum Gasteiger partial charge on any atom is 0.260 e. The number of carbonyl (C=O) groups excluding carboxylic acids is 1. The highest BCUT2D eigenvalue weighted by Crippen LogP contribution is 2.38. The maximum atomic E-state index is 11.8. The maximum absolute atomic E-state index is 11.8. The van der Waals surface area contributed by atoms with Gasteiger partial charge in [0.15, 0.2) is 0 Å². The summed E-state index contributed by atoms with van der Waals surface area (Å²) in [5.74, 6) is 1.65. The summed E-state index contributed by atoms with van der Waals surface area (Å²) in [6.45, 7) is 4.47. The van der Waals surface area contributed by atoms with Gasteiger partial charge < -0.3 is 31.0 Å². The number of sulfone groups is 1. The average molecular weight is 583 g/mol. The Morgan fingerprint density at radius 2 is 1.95 bits per heavy atom. The van der Waals surface area contributed by atoms with Crippen LogP contribution in [0.15, 0.2) is 42.0 Å². The summed E-state index contributed by atoms with van der Waals surface area (Å²) in [6.07, 6.45) is 6.72. The quantitative estimate of drug-likeness (QED) is 0.210. The SMILES string of the molecule is COc1cc(C2CCN(CCS(C)(=O)=O)CC2)c(C)cc1Nc1cc2c(Nc3ccsc3C(N)=O)cncc2[nH]1. The zero-order valence-corrected chi connectivity index (χ0v) is 24.4. The molecule has 0 aliphatic carbocycles. The number of benzene rings is 1. The van der Waals surface area contributed by atoms with Crippen LogP contribution < -0.4 is 21.1 Å². The van der Waals surface area contributed by atoms with Gasteiger partial charge in [-0.2, -0.15) is 0 Å². The Morgan fingerprint density at radius 3 is 2.65 bits per heavy atom. The average Bonchev–Trinajstić information content (AvgIpc) is 3.55. The molecule has 0 radical (unpaired) electrons. The molecular weight excluding hydrogens is 548 g/mol. The number of amides is 1. The number of aryl methyl sites for hydroxylation is 1. The number of nitrogens with two attached hydrogens (primary N) is 1. The first kappa shape index (κ1) is 27.9. The van der Waals surface area contributed by atoms with Crippen LogP contribution in [0.25, 0.3) is 10.9 Å². The van der Waals surface area contributed by atoms with Gasteiger partial charge in [-0.05, 0) is 79.5 Å². The van der Waals surface area contributed by atoms with Gasteiger partial charge in [-0.25, -0.2) is 8.42 Å². The molecule has 10 nitrogen and oxygen atoms in total. The largest absolute Gasteiger partial charge is 0.495 e. The van der Waals surface area contributed by atoms with Gasteiger partial charge in [0.05, 0.1) is 47.8 Å². The van der Waals surface area contributed by atoms with Crippen molar-refractivity contribution in [2.75, 3.05) is 49.4 Å². The number of piperidine rings is 1. The Kier molecular flexibility index (Phi) is 8.02. The topological polar surface area (TPSA) is 142 Å². The molecule has 212 valence electrons. The Morgan fingerprint density at radius 1 is 1.18 bits per heavy atom. The van der Waals surface area contributed by atoms with Crippen LogP contribution in [0.3, 0.4) is 0 Å². The minimum atomic E-state index is -2.95. The number of rotatable bonds is 10. The first-order valence-electron chi connectivity index (χ1n) is 13.1. The van der Waals surface area contributed by atoms with Crippen LogP contribution in [0, 0.1) is 6.92 Å². The number of ether oxygens (including phenoxy) is 1. The van der Waals surface area contributed by atoms with Crippen LogP contribution in [0.5, 0.6) is 5.75 Å². The van der Waals surface area contributed by atoms with E-state index in [4.69, 9.17) is 10.5 Å². The van der Waals surface area contributed by atoms with Gasteiger partial charge in [-0.1, -0.05) is 0 Å². The third-order valence-corrected chi connectivity index (χ3v) is 9.22. The van der Waals surface area contributed by atoms with Crippen molar-refractivity contribution in [2.45, 2.75) is 25.7 Å². The summed E-state index contributed by atoms with van der Waals surface area (Å²) in [5.41, 5.74) is 11.0. The fraction of sp³-hybridized carbons (Fsp3) is 0.357. The molecule has 5 N–H and O–H groups in total. The van der Waals surface area contributed by atoms with Gasteiger partial charge in [-0.3, -0.25) is 9.78 Å². The van der Waals surface area contributed by atoms with Crippen molar-refractivity contribution < 1.29 is 17.9 Å². The molecule has 1 saturated heterocycles. The van der Waals surface area contributed by atoms with Crippen LogP contribution in [0.1, 0.15) is 39.6 Å². The van der Waals surface area contributed by atoms with Crippen molar-refractivity contribution in [2.24, 2.45) is 5.73 Å². The monoisotopic (exact) mass is 582 g/mol. The minimum absolute atomic E-state index is 0.203. The van der Waals surface area contributed by atoms with Crippen LogP contribution in [-0.2, 0) is 9.84 Å². The predicted molar refractivity (Wildman–Crippen MR) is 161 cm³/mol. The van der Waals surface area contributed by atoms with E-state index < -0.39 is 15.7 Å². The minimum Gasteiger partial charge on any atom is -0.495 e. The second-order valence-corrected chi connectivity index (χ2v) is 13.4. The number of methoxy groups -OCH3 is 1. The molecule has 4 aromatic rings. The number of nitrogens with zero attached hydrogens (tertiary/aromatic N) is 2. The van der Waals surface area contributed by atoms with E-state index in [1.165, 1.54) is 28.7 Å². The molecule has 1 aliphatic rings. The molecule has 0 spiro atoms. The Hall–Kier alpha value is -3.61. The summed E-state index contributed by atoms with van der Waals surface area (Å²) in [6, 6.07) is 8.04. The lowest BCUT2D eigenvalue weighted by Gasteiger charge is -2.33. The molecule has 1 aliphatic heterocycles. The lowest BCUT2D eigenvalue weighted by atomic mass is 9.86. The van der Waals surface area contributed by atoms with E-state index in [1.807, 2.05) is 17.5 Å². The van der Waals surface area contributed by atoms with Crippen LogP contribution in [-0.4, -0.2) is 67.9 Å². The number of primary amides is 1. The predicted octanol–water partition coefficient (Wildman–Crippen LogP) is 4.75. The van der Waals surface area contributed by atoms with Gasteiger partial charge in [0.25, 0.3) is 5.91 Å². The number of nitrogens with one attached hydrogen (secondary N) is 3. The molecule has 40 heavy (non-hydrogen) atoms. The van der Waals surface area contributed by atoms with Crippen molar-refractivity contribution in [1.29, 1.82) is 0 Å². The lowest BCUT2D eigenvalue weighted by molar-refractivity contribution is 0.100. The van der Waals surface area contributed by atoms with E-state index >= 15 is 0 Å². The molecule has 3 aromatic heterocycles. The first-order chi connectivity index (χ1) is 19.1. The highest BCUT2D eigenvalue weighted by molar-refractivity contribution is 7.90. The van der Waals surface area contributed by atoms with E-state index in [9.17, 15) is 13.2 Å². The van der Waals surface area contributed by atoms with Crippen molar-refractivity contribution in [3.63, 3.8) is 0 Å². The normalized spacial score (nSPS) is 14.9. The van der Waals surface area contributed by atoms with Gasteiger partial charge in [0.1, 0.15) is 26.3 Å². The molecule has 0 atom stereocenters. The summed E-state index contributed by atoms with van der Waals surface area (Å²) in [4.78, 5) is 22.2. The fourth-order valence-electron chi connectivity index (χ4n) is 5.28. The molecule has 0 unspecified atom stereocenters. The van der Waals surface area contributed by atoms with Crippen molar-refractivity contribution >= 4 is 60.9 Å². The van der Waals surface area contributed by atoms with E-state index in [0.29, 0.717) is 23.0 Å². The molecule has 1 amide bonds. The number of pyridine rings is 1. The molecule has 1 fully saturated rings. The van der Waals surface area contributed by atoms with Gasteiger partial charge in [-0.15, -0.1) is 11.3 Å². The Balaban J connectivity index is 1.33. The number of likely N-dealkylation sites (tertiary alicyclic amines) is 1. The second kappa shape index (κ2) is 11.5. The number of carbonyl (C=O) groups is 1. The molecular formula is C28H34N6O4S2. The van der Waals surface area contributed by atoms with Crippen molar-refractivity contribution in [3.8, 4) is 5.75 Å². The molecule has 1 aromatic carbocycles. The molecule has 5 rings (SSSR count). The zero-order valence-electron chi connectivity index (χ0n) is 22.8. The van der Waals surface area contributed by atoms with Crippen LogP contribution in [0.2, 0.25) is 0 Å². The van der Waals surface area contributed by atoms with Gasteiger partial charge in [0.2, 0.25) is 0 Å².